The number of hydrogen-bond acceptors (Lipinski definition) is 3. The van der Waals surface area contributed by atoms with Gasteiger partial charge in [0, 0.05) is 0 Å². The third-order valence-electron chi connectivity index (χ3n) is 2.56. The number of hydrogen-bond donors (Lipinski definition) is 1. The maximum absolute atomic E-state index is 11.6. The van der Waals surface area contributed by atoms with Crippen LogP contribution in [0.25, 0.3) is 0 Å². The van der Waals surface area contributed by atoms with Gasteiger partial charge in [0.2, 0.25) is 0 Å². The van der Waals surface area contributed by atoms with Crippen LogP contribution in [-0.2, 0) is 9.53 Å². The molecular weight excluding hydrogens is 202 g/mol. The monoisotopic (exact) mass is 221 g/mol. The van der Waals surface area contributed by atoms with Gasteiger partial charge < -0.3 is 10.5 Å². The Labute approximate surface area is 96.6 Å². The van der Waals surface area contributed by atoms with E-state index in [4.69, 9.17) is 10.5 Å². The van der Waals surface area contributed by atoms with Gasteiger partial charge in [-0.05, 0) is 25.5 Å². The predicted molar refractivity (Wildman–Crippen MR) is 63.8 cm³/mol. The second kappa shape index (κ2) is 6.28. The fraction of sp³-hybridized carbons (Fsp3) is 0.462. The Hall–Kier alpha value is -1.35. The molecule has 3 nitrogen and oxygen atoms in total. The van der Waals surface area contributed by atoms with Crippen molar-refractivity contribution in [2.24, 2.45) is 11.7 Å². The first-order valence-corrected chi connectivity index (χ1v) is 5.60. The number of benzene rings is 1. The first-order chi connectivity index (χ1) is 7.65. The summed E-state index contributed by atoms with van der Waals surface area (Å²) in [4.78, 5) is 11.6. The van der Waals surface area contributed by atoms with E-state index < -0.39 is 0 Å². The summed E-state index contributed by atoms with van der Waals surface area (Å²) >= 11 is 0. The molecule has 0 fully saturated rings. The highest BCUT2D eigenvalue weighted by atomic mass is 16.5. The first kappa shape index (κ1) is 12.7. The van der Waals surface area contributed by atoms with Crippen LogP contribution in [0.2, 0.25) is 0 Å². The van der Waals surface area contributed by atoms with Crippen LogP contribution in [-0.4, -0.2) is 12.5 Å². The summed E-state index contributed by atoms with van der Waals surface area (Å²) in [7, 11) is 0. The van der Waals surface area contributed by atoms with E-state index in [0.717, 1.165) is 5.56 Å². The Bertz CT molecular complexity index is 324. The third-order valence-corrected chi connectivity index (χ3v) is 2.56. The van der Waals surface area contributed by atoms with Crippen LogP contribution in [0.5, 0.6) is 0 Å². The van der Waals surface area contributed by atoms with E-state index in [2.05, 4.69) is 0 Å². The van der Waals surface area contributed by atoms with Gasteiger partial charge in [-0.15, -0.1) is 0 Å². The van der Waals surface area contributed by atoms with Gasteiger partial charge in [-0.3, -0.25) is 4.79 Å². The summed E-state index contributed by atoms with van der Waals surface area (Å²) in [6.07, 6.45) is 0.467. The number of nitrogens with two attached hydrogens (primary N) is 1. The van der Waals surface area contributed by atoms with Crippen molar-refractivity contribution in [1.82, 2.24) is 0 Å². The van der Waals surface area contributed by atoms with Crippen molar-refractivity contribution in [3.8, 4) is 0 Å². The van der Waals surface area contributed by atoms with Gasteiger partial charge in [0.25, 0.3) is 0 Å². The van der Waals surface area contributed by atoms with Crippen molar-refractivity contribution in [3.63, 3.8) is 0 Å². The summed E-state index contributed by atoms with van der Waals surface area (Å²) < 4.78 is 5.36. The van der Waals surface area contributed by atoms with Crippen molar-refractivity contribution in [2.75, 3.05) is 6.54 Å². The molecular formula is C13H19NO2. The van der Waals surface area contributed by atoms with Crippen LogP contribution in [0, 0.1) is 5.92 Å². The molecule has 0 saturated heterocycles. The summed E-state index contributed by atoms with van der Waals surface area (Å²) in [6.45, 7) is 4.23. The van der Waals surface area contributed by atoms with Crippen molar-refractivity contribution >= 4 is 5.97 Å². The number of esters is 1. The fourth-order valence-corrected chi connectivity index (χ4v) is 1.45. The average molecular weight is 221 g/mol. The summed E-state index contributed by atoms with van der Waals surface area (Å²) in [5, 5.41) is 0. The molecule has 0 aliphatic carbocycles. The van der Waals surface area contributed by atoms with E-state index in [1.54, 1.807) is 0 Å². The molecule has 0 aromatic heterocycles. The van der Waals surface area contributed by atoms with Crippen LogP contribution < -0.4 is 5.73 Å². The van der Waals surface area contributed by atoms with Gasteiger partial charge in [-0.2, -0.15) is 0 Å². The lowest BCUT2D eigenvalue weighted by molar-refractivity contribution is -0.153. The van der Waals surface area contributed by atoms with Crippen molar-refractivity contribution in [2.45, 2.75) is 26.4 Å². The summed E-state index contributed by atoms with van der Waals surface area (Å²) in [5.41, 5.74) is 6.41. The van der Waals surface area contributed by atoms with E-state index >= 15 is 0 Å². The molecule has 0 heterocycles. The van der Waals surface area contributed by atoms with Crippen LogP contribution in [0.15, 0.2) is 30.3 Å². The van der Waals surface area contributed by atoms with Gasteiger partial charge >= 0.3 is 5.97 Å². The Balaban J connectivity index is 2.51. The standard InChI is InChI=1S/C13H19NO2/c1-10(8-9-14)13(15)16-11(2)12-6-4-3-5-7-12/h3-7,10-11H,8-9,14H2,1-2H3. The lowest BCUT2D eigenvalue weighted by atomic mass is 10.1. The predicted octanol–water partition coefficient (Wildman–Crippen LogP) is 2.28. The van der Waals surface area contributed by atoms with Gasteiger partial charge in [0.05, 0.1) is 5.92 Å². The highest BCUT2D eigenvalue weighted by Gasteiger charge is 2.17. The molecule has 1 aromatic rings. The second-order valence-electron chi connectivity index (χ2n) is 3.97. The Morgan fingerprint density at radius 3 is 2.50 bits per heavy atom. The molecule has 0 saturated carbocycles. The zero-order valence-electron chi connectivity index (χ0n) is 9.85. The number of carbonyl (C=O) groups is 1. The molecule has 2 unspecified atom stereocenters. The van der Waals surface area contributed by atoms with Crippen LogP contribution in [0.4, 0.5) is 0 Å². The van der Waals surface area contributed by atoms with Crippen LogP contribution >= 0.6 is 0 Å². The fourth-order valence-electron chi connectivity index (χ4n) is 1.45. The van der Waals surface area contributed by atoms with E-state index in [9.17, 15) is 4.79 Å². The molecule has 0 aliphatic rings. The molecule has 0 bridgehead atoms. The van der Waals surface area contributed by atoms with Crippen LogP contribution in [0.3, 0.4) is 0 Å². The van der Waals surface area contributed by atoms with Gasteiger partial charge in [-0.1, -0.05) is 37.3 Å². The molecule has 88 valence electrons. The number of rotatable bonds is 5. The Kier molecular flexibility index (Phi) is 4.99. The van der Waals surface area contributed by atoms with E-state index in [1.165, 1.54) is 0 Å². The molecule has 16 heavy (non-hydrogen) atoms. The lowest BCUT2D eigenvalue weighted by Gasteiger charge is -2.16. The zero-order valence-corrected chi connectivity index (χ0v) is 9.85. The molecule has 0 amide bonds. The van der Waals surface area contributed by atoms with Crippen molar-refractivity contribution < 1.29 is 9.53 Å². The molecule has 1 rings (SSSR count). The normalized spacial score (nSPS) is 14.2. The molecule has 2 N–H and O–H groups in total. The molecule has 3 heteroatoms. The van der Waals surface area contributed by atoms with Crippen LogP contribution in [0.1, 0.15) is 31.9 Å². The highest BCUT2D eigenvalue weighted by Crippen LogP contribution is 2.18. The number of ether oxygens (including phenoxy) is 1. The van der Waals surface area contributed by atoms with Gasteiger partial charge in [-0.25, -0.2) is 0 Å². The second-order valence-corrected chi connectivity index (χ2v) is 3.97. The maximum atomic E-state index is 11.6. The highest BCUT2D eigenvalue weighted by molar-refractivity contribution is 5.72. The molecule has 0 spiro atoms. The lowest BCUT2D eigenvalue weighted by Crippen LogP contribution is -2.19. The maximum Gasteiger partial charge on any atom is 0.309 e. The van der Waals surface area contributed by atoms with E-state index in [1.807, 2.05) is 44.2 Å². The zero-order chi connectivity index (χ0) is 12.0. The molecule has 0 radical (unpaired) electrons. The molecule has 1 aromatic carbocycles. The van der Waals surface area contributed by atoms with Gasteiger partial charge in [0.1, 0.15) is 6.10 Å². The minimum atomic E-state index is -0.200. The number of carbonyl (C=O) groups excluding carboxylic acids is 1. The third kappa shape index (κ3) is 3.66. The summed E-state index contributed by atoms with van der Waals surface area (Å²) in [6, 6.07) is 9.71. The smallest absolute Gasteiger partial charge is 0.309 e. The first-order valence-electron chi connectivity index (χ1n) is 5.60. The Morgan fingerprint density at radius 1 is 1.31 bits per heavy atom. The Morgan fingerprint density at radius 2 is 1.94 bits per heavy atom. The minimum Gasteiger partial charge on any atom is -0.458 e. The van der Waals surface area contributed by atoms with Crippen molar-refractivity contribution in [1.29, 1.82) is 0 Å². The summed E-state index contributed by atoms with van der Waals surface area (Å²) in [5.74, 6) is -0.307. The van der Waals surface area contributed by atoms with Gasteiger partial charge in [0.15, 0.2) is 0 Å². The largest absolute Gasteiger partial charge is 0.458 e. The minimum absolute atomic E-state index is 0.129. The van der Waals surface area contributed by atoms with E-state index in [-0.39, 0.29) is 18.0 Å². The molecule has 0 aliphatic heterocycles. The average Bonchev–Trinajstić information content (AvgIpc) is 2.30. The molecule has 2 atom stereocenters. The quantitative estimate of drug-likeness (QED) is 0.776. The van der Waals surface area contributed by atoms with E-state index in [0.29, 0.717) is 13.0 Å². The SMILES string of the molecule is CC(CCN)C(=O)OC(C)c1ccccc1. The van der Waals surface area contributed by atoms with Crippen molar-refractivity contribution in [3.05, 3.63) is 35.9 Å². The topological polar surface area (TPSA) is 52.3 Å².